The maximum atomic E-state index is 13.4. The number of halogens is 1. The van der Waals surface area contributed by atoms with Crippen LogP contribution >= 0.6 is 0 Å². The molecule has 0 bridgehead atoms. The van der Waals surface area contributed by atoms with Gasteiger partial charge in [0.2, 0.25) is 0 Å². The first-order valence-electron chi connectivity index (χ1n) is 10.3. The lowest BCUT2D eigenvalue weighted by Gasteiger charge is -2.28. The Bertz CT molecular complexity index is 1060. The molecule has 5 nitrogen and oxygen atoms in total. The average Bonchev–Trinajstić information content (AvgIpc) is 3.11. The zero-order valence-corrected chi connectivity index (χ0v) is 18.4. The zero-order chi connectivity index (χ0) is 21.3. The topological polar surface area (TPSA) is 57.5 Å². The summed E-state index contributed by atoms with van der Waals surface area (Å²) in [6.07, 6.45) is 3.90. The van der Waals surface area contributed by atoms with Crippen LogP contribution in [0.3, 0.4) is 0 Å². The Labute approximate surface area is 179 Å². The van der Waals surface area contributed by atoms with Gasteiger partial charge in [-0.25, -0.2) is 8.60 Å². The number of nitrogens with zero attached hydrogens (tertiary/aromatic N) is 1. The van der Waals surface area contributed by atoms with Crippen LogP contribution in [-0.2, 0) is 17.5 Å². The van der Waals surface area contributed by atoms with E-state index in [2.05, 4.69) is 16.7 Å². The Balaban J connectivity index is 1.93. The molecule has 0 aliphatic carbocycles. The Morgan fingerprint density at radius 1 is 1.30 bits per heavy atom. The van der Waals surface area contributed by atoms with Crippen molar-refractivity contribution in [2.45, 2.75) is 25.3 Å². The van der Waals surface area contributed by atoms with Crippen molar-refractivity contribution in [1.29, 1.82) is 0 Å². The van der Waals surface area contributed by atoms with Crippen LogP contribution in [0.2, 0.25) is 0 Å². The van der Waals surface area contributed by atoms with Gasteiger partial charge in [-0.2, -0.15) is 0 Å². The third kappa shape index (κ3) is 4.02. The van der Waals surface area contributed by atoms with Crippen LogP contribution in [0.4, 0.5) is 10.1 Å². The molecule has 2 heterocycles. The predicted molar refractivity (Wildman–Crippen MR) is 122 cm³/mol. The smallest absolute Gasteiger partial charge is 0.139 e. The predicted octanol–water partition coefficient (Wildman–Crippen LogP) is 4.16. The molecule has 3 aromatic rings. The van der Waals surface area contributed by atoms with Crippen LogP contribution in [0.1, 0.15) is 29.9 Å². The summed E-state index contributed by atoms with van der Waals surface area (Å²) in [6.45, 7) is 2.58. The highest BCUT2D eigenvalue weighted by Crippen LogP contribution is 2.40. The zero-order valence-electron chi connectivity index (χ0n) is 17.6. The Morgan fingerprint density at radius 2 is 2.07 bits per heavy atom. The number of furan rings is 1. The Morgan fingerprint density at radius 3 is 2.70 bits per heavy atom. The molecular formula is C23H28FN3O2S. The molecule has 0 saturated carbocycles. The van der Waals surface area contributed by atoms with Crippen LogP contribution in [-0.4, -0.2) is 37.6 Å². The number of piperidine rings is 1. The van der Waals surface area contributed by atoms with E-state index in [1.54, 1.807) is 22.7 Å². The van der Waals surface area contributed by atoms with E-state index in [9.17, 15) is 8.60 Å². The molecule has 7 heteroatoms. The normalized spacial score (nSPS) is 17.9. The standard InChI is InChI=1S/C23H28FN3O2S/c1-25-14-20-19-11-18(16-5-4-10-26-13-16)21(27(2)30(3)28)12-22(19)29-23(20)15-6-8-17(24)9-7-15/h6-9,11-12,16,25-26H,4-5,10,13-14H2,1-3H3/t16-,30?/m1/s1. The first-order valence-corrected chi connectivity index (χ1v) is 11.8. The van der Waals surface area contributed by atoms with Crippen LogP contribution in [0.15, 0.2) is 40.8 Å². The van der Waals surface area contributed by atoms with Gasteiger partial charge in [-0.05, 0) is 68.2 Å². The van der Waals surface area contributed by atoms with Gasteiger partial charge in [0.05, 0.1) is 5.69 Å². The molecule has 1 saturated heterocycles. The number of hydrogen-bond acceptors (Lipinski definition) is 4. The fraction of sp³-hybridized carbons (Fsp3) is 0.391. The van der Waals surface area contributed by atoms with Crippen LogP contribution in [0, 0.1) is 5.82 Å². The highest BCUT2D eigenvalue weighted by Gasteiger charge is 2.25. The van der Waals surface area contributed by atoms with Gasteiger partial charge in [0.25, 0.3) is 0 Å². The first-order chi connectivity index (χ1) is 14.5. The first kappa shape index (κ1) is 21.0. The summed E-state index contributed by atoms with van der Waals surface area (Å²) in [6, 6.07) is 10.6. The van der Waals surface area contributed by atoms with Crippen LogP contribution in [0.25, 0.3) is 22.3 Å². The maximum absolute atomic E-state index is 13.4. The summed E-state index contributed by atoms with van der Waals surface area (Å²) in [5, 5.41) is 7.76. The molecule has 0 spiro atoms. The number of fused-ring (bicyclic) bond motifs is 1. The number of rotatable bonds is 6. The number of hydrogen-bond donors (Lipinski definition) is 2. The van der Waals surface area contributed by atoms with Crippen molar-refractivity contribution in [1.82, 2.24) is 10.6 Å². The van der Waals surface area contributed by atoms with E-state index in [0.29, 0.717) is 12.5 Å². The summed E-state index contributed by atoms with van der Waals surface area (Å²) in [7, 11) is 2.62. The second kappa shape index (κ2) is 8.88. The minimum atomic E-state index is -1.14. The number of nitrogens with one attached hydrogen (secondary N) is 2. The molecule has 2 aromatic carbocycles. The largest absolute Gasteiger partial charge is 0.456 e. The van der Waals surface area contributed by atoms with Crippen molar-refractivity contribution in [2.24, 2.45) is 0 Å². The van der Waals surface area contributed by atoms with Gasteiger partial charge in [-0.3, -0.25) is 4.31 Å². The van der Waals surface area contributed by atoms with Crippen molar-refractivity contribution >= 4 is 27.6 Å². The monoisotopic (exact) mass is 429 g/mol. The third-order valence-corrected chi connectivity index (χ3v) is 6.83. The maximum Gasteiger partial charge on any atom is 0.139 e. The summed E-state index contributed by atoms with van der Waals surface area (Å²) < 4.78 is 33.8. The number of benzene rings is 2. The summed E-state index contributed by atoms with van der Waals surface area (Å²) >= 11 is 0. The lowest BCUT2D eigenvalue weighted by molar-refractivity contribution is 0.462. The van der Waals surface area contributed by atoms with E-state index >= 15 is 0 Å². The summed E-state index contributed by atoms with van der Waals surface area (Å²) in [4.78, 5) is 0. The molecule has 1 aliphatic rings. The van der Waals surface area contributed by atoms with E-state index in [1.807, 2.05) is 20.2 Å². The van der Waals surface area contributed by atoms with Crippen molar-refractivity contribution < 1.29 is 13.0 Å². The second-order valence-corrected chi connectivity index (χ2v) is 9.21. The van der Waals surface area contributed by atoms with Crippen molar-refractivity contribution in [3.8, 4) is 11.3 Å². The Hall–Kier alpha value is -2.22. The van der Waals surface area contributed by atoms with E-state index in [4.69, 9.17) is 4.42 Å². The molecule has 0 amide bonds. The lowest BCUT2D eigenvalue weighted by atomic mass is 9.89. The molecule has 2 atom stereocenters. The Kier molecular flexibility index (Phi) is 6.22. The summed E-state index contributed by atoms with van der Waals surface area (Å²) in [5.41, 5.74) is 4.77. The molecule has 1 fully saturated rings. The van der Waals surface area contributed by atoms with Crippen molar-refractivity contribution in [2.75, 3.05) is 37.7 Å². The van der Waals surface area contributed by atoms with Gasteiger partial charge < -0.3 is 15.1 Å². The van der Waals surface area contributed by atoms with Crippen LogP contribution in [0.5, 0.6) is 0 Å². The average molecular weight is 430 g/mol. The highest BCUT2D eigenvalue weighted by atomic mass is 32.2. The molecule has 1 aromatic heterocycles. The van der Waals surface area contributed by atoms with E-state index in [0.717, 1.165) is 59.5 Å². The minimum Gasteiger partial charge on any atom is -0.456 e. The van der Waals surface area contributed by atoms with Gasteiger partial charge >= 0.3 is 0 Å². The number of anilines is 1. The molecule has 1 unspecified atom stereocenters. The molecule has 0 radical (unpaired) electrons. The summed E-state index contributed by atoms with van der Waals surface area (Å²) in [5.74, 6) is 0.826. The fourth-order valence-electron chi connectivity index (χ4n) is 4.24. The minimum absolute atomic E-state index is 0.272. The molecule has 1 aliphatic heterocycles. The molecule has 160 valence electrons. The molecule has 4 rings (SSSR count). The molecular weight excluding hydrogens is 401 g/mol. The van der Waals surface area contributed by atoms with Gasteiger partial charge in [-0.15, -0.1) is 0 Å². The highest BCUT2D eigenvalue weighted by molar-refractivity contribution is 7.85. The van der Waals surface area contributed by atoms with E-state index in [-0.39, 0.29) is 5.82 Å². The van der Waals surface area contributed by atoms with Gasteiger partial charge in [0, 0.05) is 49.0 Å². The van der Waals surface area contributed by atoms with Gasteiger partial charge in [0.1, 0.15) is 28.1 Å². The molecule has 2 N–H and O–H groups in total. The SMILES string of the molecule is CNCc1c(-c2ccc(F)cc2)oc2cc(N(C)S(C)=O)c([C@@H]3CCCNC3)cc12. The van der Waals surface area contributed by atoms with Crippen molar-refractivity contribution in [3.05, 3.63) is 53.3 Å². The third-order valence-electron chi connectivity index (χ3n) is 5.86. The van der Waals surface area contributed by atoms with Crippen molar-refractivity contribution in [3.63, 3.8) is 0 Å². The van der Waals surface area contributed by atoms with Gasteiger partial charge in [-0.1, -0.05) is 0 Å². The second-order valence-electron chi connectivity index (χ2n) is 7.82. The van der Waals surface area contributed by atoms with E-state index < -0.39 is 11.0 Å². The van der Waals surface area contributed by atoms with Crippen LogP contribution < -0.4 is 14.9 Å². The fourth-order valence-corrected chi connectivity index (χ4v) is 4.68. The molecule has 30 heavy (non-hydrogen) atoms. The van der Waals surface area contributed by atoms with Gasteiger partial charge in [0.15, 0.2) is 0 Å². The lowest BCUT2D eigenvalue weighted by Crippen LogP contribution is -2.30. The quantitative estimate of drug-likeness (QED) is 0.618. The van der Waals surface area contributed by atoms with E-state index in [1.165, 1.54) is 17.7 Å².